The van der Waals surface area contributed by atoms with Gasteiger partial charge in [-0.3, -0.25) is 9.78 Å². The topological polar surface area (TPSA) is 100 Å². The summed E-state index contributed by atoms with van der Waals surface area (Å²) in [4.78, 5) is 21.1. The highest BCUT2D eigenvalue weighted by atomic mass is 32.2. The minimum atomic E-state index is -3.91. The number of H-pyrrole nitrogens is 1. The fraction of sp³-hybridized carbons (Fsp3) is 0.200. The number of hydrogen-bond donors (Lipinski definition) is 2. The molecule has 5 rings (SSSR count). The number of fused-ring (bicyclic) bond motifs is 2. The summed E-state index contributed by atoms with van der Waals surface area (Å²) in [6.07, 6.45) is 3.33. The number of hydrogen-bond acceptors (Lipinski definition) is 6. The van der Waals surface area contributed by atoms with E-state index in [1.54, 1.807) is 48.8 Å². The Kier molecular flexibility index (Phi) is 4.14. The molecule has 0 aliphatic carbocycles. The van der Waals surface area contributed by atoms with Crippen LogP contribution in [0.3, 0.4) is 0 Å². The van der Waals surface area contributed by atoms with Crippen molar-refractivity contribution in [2.45, 2.75) is 4.90 Å². The summed E-state index contributed by atoms with van der Waals surface area (Å²) < 4.78 is 28.6. The van der Waals surface area contributed by atoms with Crippen molar-refractivity contribution < 1.29 is 8.42 Å². The molecule has 8 nitrogen and oxygen atoms in total. The van der Waals surface area contributed by atoms with E-state index in [0.29, 0.717) is 21.9 Å². The lowest BCUT2D eigenvalue weighted by Gasteiger charge is -2.28. The van der Waals surface area contributed by atoms with Gasteiger partial charge in [0.1, 0.15) is 5.52 Å². The number of anilines is 1. The highest BCUT2D eigenvalue weighted by Crippen LogP contribution is 2.32. The van der Waals surface area contributed by atoms with Crippen LogP contribution in [0.15, 0.2) is 64.5 Å². The maximum atomic E-state index is 13.7. The number of pyridine rings is 2. The Morgan fingerprint density at radius 2 is 1.83 bits per heavy atom. The second kappa shape index (κ2) is 6.71. The van der Waals surface area contributed by atoms with Gasteiger partial charge in [0.15, 0.2) is 0 Å². The molecule has 0 saturated carbocycles. The molecule has 0 unspecified atom stereocenters. The number of nitrogens with zero attached hydrogens (tertiary/aromatic N) is 3. The van der Waals surface area contributed by atoms with Gasteiger partial charge >= 0.3 is 0 Å². The number of benzene rings is 1. The van der Waals surface area contributed by atoms with Crippen molar-refractivity contribution in [3.63, 3.8) is 0 Å². The molecule has 4 heterocycles. The Hall–Kier alpha value is -3.17. The van der Waals surface area contributed by atoms with Crippen molar-refractivity contribution in [3.05, 3.63) is 65.2 Å². The second-order valence-electron chi connectivity index (χ2n) is 6.96. The predicted molar refractivity (Wildman–Crippen MR) is 112 cm³/mol. The van der Waals surface area contributed by atoms with Gasteiger partial charge in [0.05, 0.1) is 16.1 Å². The Balaban J connectivity index is 1.74. The molecule has 148 valence electrons. The smallest absolute Gasteiger partial charge is 0.268 e. The van der Waals surface area contributed by atoms with Crippen LogP contribution in [0, 0.1) is 0 Å². The van der Waals surface area contributed by atoms with Gasteiger partial charge in [0.2, 0.25) is 5.56 Å². The molecule has 1 aliphatic rings. The zero-order chi connectivity index (χ0) is 20.0. The molecule has 0 bridgehead atoms. The molecular formula is C20H19N5O3S. The third-order valence-corrected chi connectivity index (χ3v) is 6.96. The molecule has 0 amide bonds. The maximum absolute atomic E-state index is 13.7. The molecule has 4 aromatic rings. The lowest BCUT2D eigenvalue weighted by Crippen LogP contribution is -2.43. The van der Waals surface area contributed by atoms with Crippen molar-refractivity contribution in [2.24, 2.45) is 0 Å². The Bertz CT molecular complexity index is 1380. The van der Waals surface area contributed by atoms with Crippen LogP contribution in [-0.2, 0) is 10.0 Å². The summed E-state index contributed by atoms with van der Waals surface area (Å²) in [6, 6.07) is 11.3. The van der Waals surface area contributed by atoms with Gasteiger partial charge in [-0.1, -0.05) is 6.07 Å². The van der Waals surface area contributed by atoms with Crippen LogP contribution in [0.1, 0.15) is 0 Å². The van der Waals surface area contributed by atoms with Crippen LogP contribution in [0.5, 0.6) is 0 Å². The molecular weight excluding hydrogens is 390 g/mol. The van der Waals surface area contributed by atoms with Crippen LogP contribution in [0.2, 0.25) is 0 Å². The highest BCUT2D eigenvalue weighted by molar-refractivity contribution is 7.90. The molecule has 1 fully saturated rings. The lowest BCUT2D eigenvalue weighted by atomic mass is 10.2. The molecule has 29 heavy (non-hydrogen) atoms. The Labute approximate surface area is 166 Å². The van der Waals surface area contributed by atoms with E-state index in [9.17, 15) is 13.2 Å². The van der Waals surface area contributed by atoms with E-state index in [0.717, 1.165) is 31.9 Å². The summed E-state index contributed by atoms with van der Waals surface area (Å²) >= 11 is 0. The zero-order valence-corrected chi connectivity index (χ0v) is 16.3. The molecule has 0 radical (unpaired) electrons. The summed E-state index contributed by atoms with van der Waals surface area (Å²) in [7, 11) is -3.91. The van der Waals surface area contributed by atoms with E-state index in [1.807, 2.05) is 0 Å². The Morgan fingerprint density at radius 3 is 2.66 bits per heavy atom. The van der Waals surface area contributed by atoms with Gasteiger partial charge in [-0.25, -0.2) is 12.4 Å². The van der Waals surface area contributed by atoms with E-state index >= 15 is 0 Å². The molecule has 2 N–H and O–H groups in total. The number of nitrogens with one attached hydrogen (secondary N) is 2. The first-order valence-corrected chi connectivity index (χ1v) is 10.8. The average Bonchev–Trinajstić information content (AvgIpc) is 3.14. The summed E-state index contributed by atoms with van der Waals surface area (Å²) in [5, 5.41) is 3.78. The second-order valence-corrected chi connectivity index (χ2v) is 8.75. The number of piperazine rings is 1. The minimum Gasteiger partial charge on any atom is -0.366 e. The van der Waals surface area contributed by atoms with Crippen LogP contribution in [-0.4, -0.2) is 48.5 Å². The average molecular weight is 409 g/mol. The van der Waals surface area contributed by atoms with Crippen molar-refractivity contribution in [2.75, 3.05) is 31.1 Å². The largest absolute Gasteiger partial charge is 0.366 e. The molecule has 1 aromatic carbocycles. The van der Waals surface area contributed by atoms with Crippen molar-refractivity contribution in [3.8, 4) is 0 Å². The van der Waals surface area contributed by atoms with Gasteiger partial charge in [0, 0.05) is 55.5 Å². The summed E-state index contributed by atoms with van der Waals surface area (Å²) in [5.74, 6) is 0. The first kappa shape index (κ1) is 17.9. The maximum Gasteiger partial charge on any atom is 0.268 e. The third-order valence-electron chi connectivity index (χ3n) is 5.23. The van der Waals surface area contributed by atoms with E-state index in [4.69, 9.17) is 0 Å². The molecule has 9 heteroatoms. The van der Waals surface area contributed by atoms with Crippen molar-refractivity contribution in [1.82, 2.24) is 19.3 Å². The van der Waals surface area contributed by atoms with Crippen LogP contribution < -0.4 is 15.8 Å². The molecule has 1 aliphatic heterocycles. The van der Waals surface area contributed by atoms with Crippen LogP contribution in [0.25, 0.3) is 21.9 Å². The van der Waals surface area contributed by atoms with Gasteiger partial charge in [0.25, 0.3) is 10.0 Å². The van der Waals surface area contributed by atoms with Gasteiger partial charge in [-0.2, -0.15) is 0 Å². The molecule has 1 saturated heterocycles. The predicted octanol–water partition coefficient (Wildman–Crippen LogP) is 1.52. The van der Waals surface area contributed by atoms with E-state index in [-0.39, 0.29) is 10.5 Å². The molecule has 0 atom stereocenters. The Morgan fingerprint density at radius 1 is 1.00 bits per heavy atom. The first-order valence-electron chi connectivity index (χ1n) is 9.35. The van der Waals surface area contributed by atoms with E-state index < -0.39 is 10.0 Å². The van der Waals surface area contributed by atoms with Crippen LogP contribution in [0.4, 0.5) is 5.69 Å². The van der Waals surface area contributed by atoms with Gasteiger partial charge in [-0.15, -0.1) is 0 Å². The third kappa shape index (κ3) is 2.90. The van der Waals surface area contributed by atoms with Gasteiger partial charge < -0.3 is 15.2 Å². The minimum absolute atomic E-state index is 0.138. The summed E-state index contributed by atoms with van der Waals surface area (Å²) in [5.41, 5.74) is 2.20. The molecule has 3 aromatic heterocycles. The van der Waals surface area contributed by atoms with E-state index in [2.05, 4.69) is 20.2 Å². The van der Waals surface area contributed by atoms with Gasteiger partial charge in [-0.05, 0) is 30.3 Å². The number of aromatic nitrogens is 3. The monoisotopic (exact) mass is 409 g/mol. The fourth-order valence-corrected chi connectivity index (χ4v) is 5.40. The standard InChI is InChI=1S/C20H19N5O3S/c26-19-7-6-14-15(23-19)3-1-5-18(14)29(27,28)25-13-17(24-11-9-21-10-12-24)20-16(25)4-2-8-22-20/h1-8,13,21H,9-12H2,(H,23,26). The lowest BCUT2D eigenvalue weighted by molar-refractivity contribution is 0.586. The normalized spacial score (nSPS) is 15.2. The van der Waals surface area contributed by atoms with Crippen molar-refractivity contribution in [1.29, 1.82) is 0 Å². The number of aromatic amines is 1. The summed E-state index contributed by atoms with van der Waals surface area (Å²) in [6.45, 7) is 3.24. The van der Waals surface area contributed by atoms with Crippen molar-refractivity contribution >= 4 is 37.6 Å². The highest BCUT2D eigenvalue weighted by Gasteiger charge is 2.26. The van der Waals surface area contributed by atoms with Crippen LogP contribution >= 0.6 is 0 Å². The zero-order valence-electron chi connectivity index (χ0n) is 15.5. The fourth-order valence-electron chi connectivity index (χ4n) is 3.84. The quantitative estimate of drug-likeness (QED) is 0.532. The SMILES string of the molecule is O=c1ccc2c(S(=O)(=O)n3cc(N4CCNCC4)c4ncccc43)cccc2[nH]1. The molecule has 0 spiro atoms. The first-order chi connectivity index (χ1) is 14.1. The van der Waals surface area contributed by atoms with E-state index in [1.165, 1.54) is 10.0 Å². The number of rotatable bonds is 3.